The van der Waals surface area contributed by atoms with Gasteiger partial charge in [0.2, 0.25) is 0 Å². The molecule has 80 valence electrons. The van der Waals surface area contributed by atoms with E-state index in [1.165, 1.54) is 5.56 Å². The molecule has 0 saturated heterocycles. The first-order valence-corrected chi connectivity index (χ1v) is 5.49. The van der Waals surface area contributed by atoms with Crippen molar-refractivity contribution in [3.63, 3.8) is 0 Å². The molecule has 0 bridgehead atoms. The molecule has 0 spiro atoms. The van der Waals surface area contributed by atoms with Crippen molar-refractivity contribution in [2.45, 2.75) is 26.3 Å². The molecule has 1 aromatic rings. The fraction of sp³-hybridized carbons (Fsp3) is 0.462. The standard InChI is InChI=1S/C13H18N2/c1-3-15(4-2)13(10-11-14)12-8-6-5-7-9-12/h5-9,13H,3-4,10H2,1-2H3/t13-/m1/s1. The van der Waals surface area contributed by atoms with E-state index in [1.807, 2.05) is 18.2 Å². The Balaban J connectivity index is 2.88. The van der Waals surface area contributed by atoms with Crippen LogP contribution in [-0.4, -0.2) is 18.0 Å². The van der Waals surface area contributed by atoms with Crippen molar-refractivity contribution in [2.24, 2.45) is 0 Å². The predicted molar refractivity (Wildman–Crippen MR) is 62.3 cm³/mol. The van der Waals surface area contributed by atoms with Crippen LogP contribution >= 0.6 is 0 Å². The quantitative estimate of drug-likeness (QED) is 0.734. The molecule has 0 aliphatic rings. The number of hydrogen-bond acceptors (Lipinski definition) is 2. The van der Waals surface area contributed by atoms with Crippen LogP contribution in [0.15, 0.2) is 30.3 Å². The monoisotopic (exact) mass is 202 g/mol. The van der Waals surface area contributed by atoms with Crippen LogP contribution in [0.3, 0.4) is 0 Å². The lowest BCUT2D eigenvalue weighted by Crippen LogP contribution is -2.28. The fourth-order valence-corrected chi connectivity index (χ4v) is 1.88. The van der Waals surface area contributed by atoms with E-state index in [0.717, 1.165) is 13.1 Å². The highest BCUT2D eigenvalue weighted by Gasteiger charge is 2.16. The minimum Gasteiger partial charge on any atom is -0.296 e. The molecule has 0 saturated carbocycles. The second-order valence-corrected chi connectivity index (χ2v) is 3.51. The van der Waals surface area contributed by atoms with Crippen molar-refractivity contribution in [3.8, 4) is 6.07 Å². The smallest absolute Gasteiger partial charge is 0.0641 e. The maximum atomic E-state index is 8.86. The summed E-state index contributed by atoms with van der Waals surface area (Å²) in [4.78, 5) is 2.32. The van der Waals surface area contributed by atoms with Gasteiger partial charge in [-0.25, -0.2) is 0 Å². The third-order valence-electron chi connectivity index (χ3n) is 2.72. The Bertz CT molecular complexity index is 309. The molecule has 0 fully saturated rings. The first-order valence-electron chi connectivity index (χ1n) is 5.49. The summed E-state index contributed by atoms with van der Waals surface area (Å²) in [5, 5.41) is 8.86. The molecule has 0 aliphatic carbocycles. The zero-order chi connectivity index (χ0) is 11.1. The first kappa shape index (κ1) is 11.7. The van der Waals surface area contributed by atoms with Gasteiger partial charge in [-0.05, 0) is 18.7 Å². The summed E-state index contributed by atoms with van der Waals surface area (Å²) in [5.41, 5.74) is 1.24. The Labute approximate surface area is 92.1 Å². The van der Waals surface area contributed by atoms with Crippen LogP contribution in [0.1, 0.15) is 31.9 Å². The molecule has 2 nitrogen and oxygen atoms in total. The minimum atomic E-state index is 0.242. The largest absolute Gasteiger partial charge is 0.296 e. The summed E-state index contributed by atoms with van der Waals surface area (Å²) in [7, 11) is 0. The van der Waals surface area contributed by atoms with Gasteiger partial charge in [0.05, 0.1) is 12.5 Å². The van der Waals surface area contributed by atoms with Crippen LogP contribution < -0.4 is 0 Å². The van der Waals surface area contributed by atoms with E-state index in [-0.39, 0.29) is 6.04 Å². The lowest BCUT2D eigenvalue weighted by molar-refractivity contribution is 0.221. The second-order valence-electron chi connectivity index (χ2n) is 3.51. The highest BCUT2D eigenvalue weighted by atomic mass is 15.1. The molecule has 1 rings (SSSR count). The molecule has 0 aromatic heterocycles. The van der Waals surface area contributed by atoms with Gasteiger partial charge in [-0.1, -0.05) is 44.2 Å². The zero-order valence-corrected chi connectivity index (χ0v) is 9.48. The number of rotatable bonds is 5. The Hall–Kier alpha value is -1.33. The highest BCUT2D eigenvalue weighted by molar-refractivity contribution is 5.20. The molecule has 0 unspecified atom stereocenters. The Morgan fingerprint density at radius 2 is 1.80 bits per heavy atom. The minimum absolute atomic E-state index is 0.242. The van der Waals surface area contributed by atoms with Crippen molar-refractivity contribution >= 4 is 0 Å². The van der Waals surface area contributed by atoms with Gasteiger partial charge in [-0.15, -0.1) is 0 Å². The summed E-state index contributed by atoms with van der Waals surface area (Å²) in [6.07, 6.45) is 0.561. The van der Waals surface area contributed by atoms with Gasteiger partial charge in [0.25, 0.3) is 0 Å². The van der Waals surface area contributed by atoms with Gasteiger partial charge in [-0.3, -0.25) is 4.90 Å². The van der Waals surface area contributed by atoms with Crippen LogP contribution in [0.2, 0.25) is 0 Å². The van der Waals surface area contributed by atoms with Crippen molar-refractivity contribution in [3.05, 3.63) is 35.9 Å². The van der Waals surface area contributed by atoms with E-state index in [2.05, 4.69) is 36.9 Å². The number of benzene rings is 1. The van der Waals surface area contributed by atoms with E-state index in [1.54, 1.807) is 0 Å². The van der Waals surface area contributed by atoms with E-state index >= 15 is 0 Å². The summed E-state index contributed by atoms with van der Waals surface area (Å²) < 4.78 is 0. The van der Waals surface area contributed by atoms with E-state index in [0.29, 0.717) is 6.42 Å². The summed E-state index contributed by atoms with van der Waals surface area (Å²) >= 11 is 0. The molecular formula is C13H18N2. The zero-order valence-electron chi connectivity index (χ0n) is 9.48. The Morgan fingerprint density at radius 1 is 1.20 bits per heavy atom. The summed E-state index contributed by atoms with van der Waals surface area (Å²) in [5.74, 6) is 0. The lowest BCUT2D eigenvalue weighted by Gasteiger charge is -2.28. The molecule has 15 heavy (non-hydrogen) atoms. The predicted octanol–water partition coefficient (Wildman–Crippen LogP) is 2.98. The molecule has 1 atom stereocenters. The van der Waals surface area contributed by atoms with Gasteiger partial charge in [0, 0.05) is 6.04 Å². The first-order chi connectivity index (χ1) is 7.33. The average molecular weight is 202 g/mol. The molecule has 0 aliphatic heterocycles. The topological polar surface area (TPSA) is 27.0 Å². The molecule has 0 heterocycles. The van der Waals surface area contributed by atoms with E-state index in [9.17, 15) is 0 Å². The van der Waals surface area contributed by atoms with Crippen molar-refractivity contribution in [1.29, 1.82) is 5.26 Å². The van der Waals surface area contributed by atoms with Gasteiger partial charge in [-0.2, -0.15) is 5.26 Å². The Kier molecular flexibility index (Phi) is 4.86. The van der Waals surface area contributed by atoms with Crippen molar-refractivity contribution < 1.29 is 0 Å². The normalized spacial score (nSPS) is 12.4. The molecule has 2 heteroatoms. The molecule has 1 aromatic carbocycles. The van der Waals surface area contributed by atoms with Crippen molar-refractivity contribution in [1.82, 2.24) is 4.90 Å². The van der Waals surface area contributed by atoms with Crippen LogP contribution in [0.4, 0.5) is 0 Å². The van der Waals surface area contributed by atoms with Crippen LogP contribution in [-0.2, 0) is 0 Å². The average Bonchev–Trinajstić information content (AvgIpc) is 2.30. The molecule has 0 N–H and O–H groups in total. The third kappa shape index (κ3) is 3.07. The highest BCUT2D eigenvalue weighted by Crippen LogP contribution is 2.23. The van der Waals surface area contributed by atoms with Gasteiger partial charge in [0.1, 0.15) is 0 Å². The van der Waals surface area contributed by atoms with Gasteiger partial charge >= 0.3 is 0 Å². The molecular weight excluding hydrogens is 184 g/mol. The van der Waals surface area contributed by atoms with E-state index < -0.39 is 0 Å². The number of hydrogen-bond donors (Lipinski definition) is 0. The Morgan fingerprint density at radius 3 is 2.27 bits per heavy atom. The maximum absolute atomic E-state index is 8.86. The van der Waals surface area contributed by atoms with Gasteiger partial charge in [0.15, 0.2) is 0 Å². The van der Waals surface area contributed by atoms with Crippen molar-refractivity contribution in [2.75, 3.05) is 13.1 Å². The van der Waals surface area contributed by atoms with Gasteiger partial charge < -0.3 is 0 Å². The summed E-state index contributed by atoms with van der Waals surface area (Å²) in [6, 6.07) is 12.8. The SMILES string of the molecule is CCN(CC)[C@H](CC#N)c1ccccc1. The lowest BCUT2D eigenvalue weighted by atomic mass is 10.0. The van der Waals surface area contributed by atoms with Crippen LogP contribution in [0.25, 0.3) is 0 Å². The fourth-order valence-electron chi connectivity index (χ4n) is 1.88. The van der Waals surface area contributed by atoms with Crippen LogP contribution in [0.5, 0.6) is 0 Å². The number of nitrogens with zero attached hydrogens (tertiary/aromatic N) is 2. The maximum Gasteiger partial charge on any atom is 0.0641 e. The molecule has 0 radical (unpaired) electrons. The van der Waals surface area contributed by atoms with E-state index in [4.69, 9.17) is 5.26 Å². The summed E-state index contributed by atoms with van der Waals surface area (Å²) in [6.45, 7) is 6.24. The van der Waals surface area contributed by atoms with Crippen LogP contribution in [0, 0.1) is 11.3 Å². The molecule has 0 amide bonds. The number of nitriles is 1. The second kappa shape index (κ2) is 6.21. The third-order valence-corrected chi connectivity index (χ3v) is 2.72.